The molecule has 0 bridgehead atoms. The van der Waals surface area contributed by atoms with Gasteiger partial charge in [0, 0.05) is 34.5 Å². The number of aromatic nitrogens is 1. The van der Waals surface area contributed by atoms with E-state index in [2.05, 4.69) is 107 Å². The number of rotatable bonds is 8. The highest BCUT2D eigenvalue weighted by molar-refractivity contribution is 6.03. The van der Waals surface area contributed by atoms with Crippen molar-refractivity contribution < 1.29 is 4.79 Å². The van der Waals surface area contributed by atoms with Crippen molar-refractivity contribution in [2.75, 3.05) is 13.1 Å². The minimum atomic E-state index is -0.0409. The maximum absolute atomic E-state index is 14.8. The molecule has 1 saturated carbocycles. The van der Waals surface area contributed by atoms with Crippen LogP contribution in [0.1, 0.15) is 104 Å². The summed E-state index contributed by atoms with van der Waals surface area (Å²) in [6.07, 6.45) is 10.6. The van der Waals surface area contributed by atoms with Gasteiger partial charge in [-0.2, -0.15) is 0 Å². The van der Waals surface area contributed by atoms with Crippen LogP contribution in [0.5, 0.6) is 0 Å². The van der Waals surface area contributed by atoms with Crippen LogP contribution >= 0.6 is 0 Å². The van der Waals surface area contributed by atoms with Crippen molar-refractivity contribution in [2.24, 2.45) is 5.92 Å². The zero-order valence-corrected chi connectivity index (χ0v) is 24.5. The first-order valence-electron chi connectivity index (χ1n) is 16.0. The number of carbonyl (C=O) groups excluding carboxylic acids is 1. The van der Waals surface area contributed by atoms with Crippen LogP contribution in [-0.4, -0.2) is 29.6 Å². The maximum atomic E-state index is 14.8. The second-order valence-corrected chi connectivity index (χ2v) is 12.1. The normalized spacial score (nSPS) is 19.2. The number of benzene rings is 3. The van der Waals surface area contributed by atoms with E-state index in [9.17, 15) is 4.79 Å². The summed E-state index contributed by atoms with van der Waals surface area (Å²) in [5, 5.41) is 8.39. The number of nitrogens with zero attached hydrogens (tertiary/aromatic N) is 1. The molecule has 6 rings (SSSR count). The molecule has 2 aliphatic rings. The molecule has 1 aliphatic carbocycles. The van der Waals surface area contributed by atoms with Gasteiger partial charge in [0.15, 0.2) is 0 Å². The first kappa shape index (κ1) is 27.8. The van der Waals surface area contributed by atoms with E-state index in [1.54, 1.807) is 0 Å². The molecule has 214 valence electrons. The summed E-state index contributed by atoms with van der Waals surface area (Å²) in [5.41, 5.74) is 5.63. The summed E-state index contributed by atoms with van der Waals surface area (Å²) in [4.78, 5) is 14.8. The molecule has 1 amide bonds. The average molecular weight is 548 g/mol. The van der Waals surface area contributed by atoms with Gasteiger partial charge in [-0.3, -0.25) is 4.79 Å². The second-order valence-electron chi connectivity index (χ2n) is 12.1. The van der Waals surface area contributed by atoms with E-state index >= 15 is 0 Å². The maximum Gasteiger partial charge on any atom is 0.268 e. The Bertz CT molecular complexity index is 1370. The van der Waals surface area contributed by atoms with Gasteiger partial charge in [-0.05, 0) is 61.9 Å². The Morgan fingerprint density at radius 1 is 0.829 bits per heavy atom. The summed E-state index contributed by atoms with van der Waals surface area (Å²) in [6, 6.07) is 30.8. The third kappa shape index (κ3) is 5.85. The van der Waals surface area contributed by atoms with Crippen LogP contribution in [0.25, 0.3) is 10.9 Å². The third-order valence-corrected chi connectivity index (χ3v) is 9.55. The summed E-state index contributed by atoms with van der Waals surface area (Å²) in [6.45, 7) is 4.35. The Labute approximate surface area is 245 Å². The molecule has 2 atom stereocenters. The van der Waals surface area contributed by atoms with E-state index in [1.165, 1.54) is 54.1 Å². The van der Waals surface area contributed by atoms with Crippen molar-refractivity contribution in [3.8, 4) is 0 Å². The highest BCUT2D eigenvalue weighted by Crippen LogP contribution is 2.43. The van der Waals surface area contributed by atoms with Crippen molar-refractivity contribution in [1.82, 2.24) is 15.2 Å². The number of amides is 1. The van der Waals surface area contributed by atoms with Crippen molar-refractivity contribution in [3.63, 3.8) is 0 Å². The smallest absolute Gasteiger partial charge is 0.268 e. The van der Waals surface area contributed by atoms with Crippen LogP contribution in [0, 0.1) is 5.92 Å². The molecule has 2 heterocycles. The topological polar surface area (TPSA) is 46.1 Å². The molecule has 0 spiro atoms. The van der Waals surface area contributed by atoms with Gasteiger partial charge in [0.25, 0.3) is 5.91 Å². The molecule has 2 fully saturated rings. The number of fused-ring (bicyclic) bond motifs is 1. The van der Waals surface area contributed by atoms with Crippen molar-refractivity contribution in [1.29, 1.82) is 0 Å². The SMILES string of the molecule is CCC(C1CCNC1)n1c(C(=O)NC2CCCCCCC2)c(C(c2ccccc2)c2ccccc2)c2ccccc21. The standard InChI is InChI=1S/C37H45N3O/c1-2-32(29-24-25-38-26-29)40-33-23-15-14-22-31(33)35(36(40)37(41)39-30-20-12-4-3-5-13-21-30)34(27-16-8-6-9-17-27)28-18-10-7-11-19-28/h6-11,14-19,22-23,29-30,32,34,38H,2-5,12-13,20-21,24-26H2,1H3,(H,39,41). The minimum Gasteiger partial charge on any atom is -0.348 e. The molecular weight excluding hydrogens is 502 g/mol. The highest BCUT2D eigenvalue weighted by Gasteiger charge is 2.35. The number of carbonyl (C=O) groups is 1. The number of hydrogen-bond acceptors (Lipinski definition) is 2. The van der Waals surface area contributed by atoms with E-state index < -0.39 is 0 Å². The molecule has 2 unspecified atom stereocenters. The molecule has 1 aliphatic heterocycles. The van der Waals surface area contributed by atoms with Crippen molar-refractivity contribution >= 4 is 16.8 Å². The van der Waals surface area contributed by atoms with Gasteiger partial charge in [0.05, 0.1) is 0 Å². The van der Waals surface area contributed by atoms with Crippen molar-refractivity contribution in [3.05, 3.63) is 107 Å². The van der Waals surface area contributed by atoms with Gasteiger partial charge < -0.3 is 15.2 Å². The molecule has 4 aromatic rings. The molecule has 2 N–H and O–H groups in total. The number of nitrogens with one attached hydrogen (secondary N) is 2. The van der Waals surface area contributed by atoms with E-state index in [0.29, 0.717) is 5.92 Å². The zero-order valence-electron chi connectivity index (χ0n) is 24.5. The van der Waals surface area contributed by atoms with Gasteiger partial charge in [-0.15, -0.1) is 0 Å². The first-order valence-corrected chi connectivity index (χ1v) is 16.0. The summed E-state index contributed by atoms with van der Waals surface area (Å²) in [5.74, 6) is 0.562. The number of hydrogen-bond donors (Lipinski definition) is 2. The second kappa shape index (κ2) is 13.1. The molecule has 4 nitrogen and oxygen atoms in total. The van der Waals surface area contributed by atoms with E-state index in [4.69, 9.17) is 0 Å². The molecule has 41 heavy (non-hydrogen) atoms. The summed E-state index contributed by atoms with van der Waals surface area (Å²) >= 11 is 0. The molecule has 1 saturated heterocycles. The Kier molecular flexibility index (Phi) is 8.86. The van der Waals surface area contributed by atoms with Gasteiger partial charge in [-0.1, -0.05) is 118 Å². The lowest BCUT2D eigenvalue weighted by molar-refractivity contribution is 0.0916. The highest BCUT2D eigenvalue weighted by atomic mass is 16.2. The minimum absolute atomic E-state index is 0.0409. The Morgan fingerprint density at radius 2 is 1.44 bits per heavy atom. The molecule has 3 aromatic carbocycles. The Morgan fingerprint density at radius 3 is 2.05 bits per heavy atom. The fraction of sp³-hybridized carbons (Fsp3) is 0.432. The van der Waals surface area contributed by atoms with E-state index in [1.807, 2.05) is 0 Å². The van der Waals surface area contributed by atoms with Crippen LogP contribution < -0.4 is 10.6 Å². The summed E-state index contributed by atoms with van der Waals surface area (Å²) < 4.78 is 2.46. The predicted molar refractivity (Wildman–Crippen MR) is 170 cm³/mol. The molecular formula is C37H45N3O. The van der Waals surface area contributed by atoms with Crippen LogP contribution in [0.4, 0.5) is 0 Å². The van der Waals surface area contributed by atoms with Gasteiger partial charge in [0.1, 0.15) is 5.69 Å². The number of para-hydroxylation sites is 1. The Balaban J connectivity index is 1.58. The fourth-order valence-corrected chi connectivity index (χ4v) is 7.56. The lowest BCUT2D eigenvalue weighted by atomic mass is 9.83. The lowest BCUT2D eigenvalue weighted by Gasteiger charge is -2.29. The molecule has 1 aromatic heterocycles. The van der Waals surface area contributed by atoms with Crippen LogP contribution in [0.3, 0.4) is 0 Å². The predicted octanol–water partition coefficient (Wildman–Crippen LogP) is 8.22. The lowest BCUT2D eigenvalue weighted by Crippen LogP contribution is -2.38. The van der Waals surface area contributed by atoms with E-state index in [0.717, 1.165) is 50.0 Å². The van der Waals surface area contributed by atoms with Crippen molar-refractivity contribution in [2.45, 2.75) is 82.7 Å². The van der Waals surface area contributed by atoms with Crippen LogP contribution in [0.2, 0.25) is 0 Å². The van der Waals surface area contributed by atoms with Gasteiger partial charge >= 0.3 is 0 Å². The monoisotopic (exact) mass is 547 g/mol. The Hall–Kier alpha value is -3.37. The first-order chi connectivity index (χ1) is 20.3. The molecule has 4 heteroatoms. The van der Waals surface area contributed by atoms with E-state index in [-0.39, 0.29) is 23.9 Å². The van der Waals surface area contributed by atoms with Gasteiger partial charge in [-0.25, -0.2) is 0 Å². The fourth-order valence-electron chi connectivity index (χ4n) is 7.56. The van der Waals surface area contributed by atoms with Crippen LogP contribution in [-0.2, 0) is 0 Å². The van der Waals surface area contributed by atoms with Crippen LogP contribution in [0.15, 0.2) is 84.9 Å². The average Bonchev–Trinajstić information content (AvgIpc) is 3.64. The molecule has 0 radical (unpaired) electrons. The quantitative estimate of drug-likeness (QED) is 0.233. The largest absolute Gasteiger partial charge is 0.348 e. The summed E-state index contributed by atoms with van der Waals surface area (Å²) in [7, 11) is 0. The van der Waals surface area contributed by atoms with Gasteiger partial charge in [0.2, 0.25) is 0 Å². The third-order valence-electron chi connectivity index (χ3n) is 9.55. The zero-order chi connectivity index (χ0) is 28.0.